The van der Waals surface area contributed by atoms with Crippen molar-refractivity contribution in [2.75, 3.05) is 12.0 Å². The Bertz CT molecular complexity index is 1330. The first kappa shape index (κ1) is 23.3. The Hall–Kier alpha value is -3.91. The van der Waals surface area contributed by atoms with Crippen LogP contribution in [0.1, 0.15) is 18.1 Å². The van der Waals surface area contributed by atoms with Crippen molar-refractivity contribution < 1.29 is 14.4 Å². The van der Waals surface area contributed by atoms with Gasteiger partial charge in [-0.15, -0.1) is 0 Å². The summed E-state index contributed by atoms with van der Waals surface area (Å²) in [6.07, 6.45) is 1.64. The normalized spacial score (nSPS) is 11.0. The first-order valence-corrected chi connectivity index (χ1v) is 11.4. The Morgan fingerprint density at radius 1 is 1.00 bits per heavy atom. The fraction of sp³-hybridized carbons (Fsp3) is 0.115. The molecule has 4 aromatic carbocycles. The highest BCUT2D eigenvalue weighted by Gasteiger charge is 2.11. The molecular weight excluding hydrogens is 498 g/mol. The largest absolute Gasteiger partial charge is 0.490 e. The predicted octanol–water partition coefficient (Wildman–Crippen LogP) is 6.93. The summed E-state index contributed by atoms with van der Waals surface area (Å²) in [6, 6.07) is 24.1. The molecule has 0 aliphatic rings. The molecule has 0 saturated heterocycles. The van der Waals surface area contributed by atoms with Crippen LogP contribution in [0.5, 0.6) is 11.5 Å². The van der Waals surface area contributed by atoms with E-state index in [0.717, 1.165) is 21.0 Å². The zero-order chi connectivity index (χ0) is 23.9. The topological polar surface area (TPSA) is 86.0 Å². The zero-order valence-corrected chi connectivity index (χ0v) is 20.0. The average Bonchev–Trinajstić information content (AvgIpc) is 2.85. The molecule has 0 atom stereocenters. The van der Waals surface area contributed by atoms with Gasteiger partial charge in [0.05, 0.1) is 23.4 Å². The Labute approximate surface area is 205 Å². The van der Waals surface area contributed by atoms with Gasteiger partial charge in [0.15, 0.2) is 11.5 Å². The van der Waals surface area contributed by atoms with E-state index in [-0.39, 0.29) is 5.69 Å². The van der Waals surface area contributed by atoms with Gasteiger partial charge in [-0.3, -0.25) is 15.5 Å². The number of anilines is 1. The van der Waals surface area contributed by atoms with Gasteiger partial charge in [-0.25, -0.2) is 0 Å². The third-order valence-corrected chi connectivity index (χ3v) is 5.79. The molecule has 4 aromatic rings. The number of benzene rings is 4. The van der Waals surface area contributed by atoms with Crippen LogP contribution in [0.15, 0.2) is 88.4 Å². The van der Waals surface area contributed by atoms with Crippen LogP contribution in [0.3, 0.4) is 0 Å². The van der Waals surface area contributed by atoms with E-state index in [1.54, 1.807) is 18.3 Å². The molecular formula is C26H22BrN3O4. The second kappa shape index (κ2) is 10.8. The van der Waals surface area contributed by atoms with Crippen LogP contribution in [0, 0.1) is 10.1 Å². The second-order valence-electron chi connectivity index (χ2n) is 7.35. The smallest absolute Gasteiger partial charge is 0.269 e. The number of non-ortho nitro benzene ring substituents is 1. The van der Waals surface area contributed by atoms with Crippen LogP contribution < -0.4 is 14.9 Å². The van der Waals surface area contributed by atoms with Crippen LogP contribution in [-0.4, -0.2) is 17.7 Å². The summed E-state index contributed by atoms with van der Waals surface area (Å²) in [7, 11) is 0. The van der Waals surface area contributed by atoms with Crippen molar-refractivity contribution in [1.82, 2.24) is 0 Å². The van der Waals surface area contributed by atoms with Crippen LogP contribution in [0.2, 0.25) is 0 Å². The number of hydrazone groups is 1. The van der Waals surface area contributed by atoms with Gasteiger partial charge in [0.1, 0.15) is 6.61 Å². The number of hydrogen-bond acceptors (Lipinski definition) is 6. The molecule has 172 valence electrons. The van der Waals surface area contributed by atoms with E-state index in [9.17, 15) is 10.1 Å². The lowest BCUT2D eigenvalue weighted by atomic mass is 10.1. The molecule has 1 N–H and O–H groups in total. The number of halogens is 1. The highest BCUT2D eigenvalue weighted by Crippen LogP contribution is 2.34. The fourth-order valence-corrected chi connectivity index (χ4v) is 3.86. The number of ether oxygens (including phenoxy) is 2. The molecule has 7 nitrogen and oxygen atoms in total. The third-order valence-electron chi connectivity index (χ3n) is 5.10. The molecule has 0 amide bonds. The number of nitrogens with one attached hydrogen (secondary N) is 1. The molecule has 0 unspecified atom stereocenters. The molecule has 0 radical (unpaired) electrons. The summed E-state index contributed by atoms with van der Waals surface area (Å²) >= 11 is 3.58. The van der Waals surface area contributed by atoms with Crippen LogP contribution in [0.25, 0.3) is 10.8 Å². The van der Waals surface area contributed by atoms with E-state index in [1.165, 1.54) is 17.5 Å². The minimum Gasteiger partial charge on any atom is -0.490 e. The molecule has 34 heavy (non-hydrogen) atoms. The lowest BCUT2D eigenvalue weighted by molar-refractivity contribution is -0.384. The molecule has 0 saturated carbocycles. The molecule has 4 rings (SSSR count). The van der Waals surface area contributed by atoms with Crippen LogP contribution in [-0.2, 0) is 6.61 Å². The lowest BCUT2D eigenvalue weighted by Gasteiger charge is -2.15. The van der Waals surface area contributed by atoms with E-state index < -0.39 is 4.92 Å². The van der Waals surface area contributed by atoms with Crippen LogP contribution >= 0.6 is 15.9 Å². The summed E-state index contributed by atoms with van der Waals surface area (Å²) in [5.41, 5.74) is 5.41. The van der Waals surface area contributed by atoms with Crippen molar-refractivity contribution in [1.29, 1.82) is 0 Å². The SMILES string of the molecule is CCOc1cc(/C=N/Nc2ccc([N+](=O)[O-])cc2)c(Br)cc1OCc1cccc2ccccc12. The highest BCUT2D eigenvalue weighted by molar-refractivity contribution is 9.10. The van der Waals surface area contributed by atoms with Gasteiger partial charge >= 0.3 is 0 Å². The monoisotopic (exact) mass is 519 g/mol. The van der Waals surface area contributed by atoms with Gasteiger partial charge in [-0.05, 0) is 63.5 Å². The Morgan fingerprint density at radius 2 is 1.74 bits per heavy atom. The molecule has 8 heteroatoms. The maximum atomic E-state index is 10.8. The molecule has 0 spiro atoms. The molecule has 0 aromatic heterocycles. The van der Waals surface area contributed by atoms with E-state index in [2.05, 4.69) is 50.7 Å². The third kappa shape index (κ3) is 5.52. The minimum atomic E-state index is -0.441. The van der Waals surface area contributed by atoms with E-state index >= 15 is 0 Å². The Balaban J connectivity index is 1.50. The number of nitro benzene ring substituents is 1. The van der Waals surface area contributed by atoms with Crippen molar-refractivity contribution in [3.63, 3.8) is 0 Å². The van der Waals surface area contributed by atoms with Crippen molar-refractivity contribution in [2.45, 2.75) is 13.5 Å². The van der Waals surface area contributed by atoms with E-state index in [1.807, 2.05) is 37.3 Å². The molecule has 0 heterocycles. The Morgan fingerprint density at radius 3 is 2.50 bits per heavy atom. The average molecular weight is 520 g/mol. The first-order chi connectivity index (χ1) is 16.5. The standard InChI is InChI=1S/C26H22BrN3O4/c1-2-33-25-14-20(16-28-29-21-10-12-22(13-11-21)30(31)32)24(27)15-26(25)34-17-19-8-5-7-18-6-3-4-9-23(18)19/h3-16,29H,2,17H2,1H3/b28-16+. The molecule has 0 aliphatic carbocycles. The summed E-state index contributed by atoms with van der Waals surface area (Å²) in [6.45, 7) is 2.81. The quantitative estimate of drug-likeness (QED) is 0.147. The first-order valence-electron chi connectivity index (χ1n) is 10.6. The highest BCUT2D eigenvalue weighted by atomic mass is 79.9. The second-order valence-corrected chi connectivity index (χ2v) is 8.21. The number of hydrogen-bond donors (Lipinski definition) is 1. The zero-order valence-electron chi connectivity index (χ0n) is 18.4. The molecule has 0 bridgehead atoms. The summed E-state index contributed by atoms with van der Waals surface area (Å²) in [5.74, 6) is 1.24. The van der Waals surface area contributed by atoms with Crippen molar-refractivity contribution in [2.24, 2.45) is 5.10 Å². The van der Waals surface area contributed by atoms with Gasteiger partial charge in [0.25, 0.3) is 5.69 Å². The van der Waals surface area contributed by atoms with Gasteiger partial charge in [-0.2, -0.15) is 5.10 Å². The van der Waals surface area contributed by atoms with Crippen molar-refractivity contribution >= 4 is 44.3 Å². The predicted molar refractivity (Wildman–Crippen MR) is 138 cm³/mol. The van der Waals surface area contributed by atoms with E-state index in [0.29, 0.717) is 30.4 Å². The minimum absolute atomic E-state index is 0.0257. The number of fused-ring (bicyclic) bond motifs is 1. The number of rotatable bonds is 9. The van der Waals surface area contributed by atoms with Crippen molar-refractivity contribution in [3.05, 3.63) is 105 Å². The Kier molecular flexibility index (Phi) is 7.39. The van der Waals surface area contributed by atoms with Gasteiger partial charge in [0, 0.05) is 22.2 Å². The number of nitrogens with zero attached hydrogens (tertiary/aromatic N) is 2. The van der Waals surface area contributed by atoms with Crippen molar-refractivity contribution in [3.8, 4) is 11.5 Å². The summed E-state index contributed by atoms with van der Waals surface area (Å²) in [4.78, 5) is 10.3. The maximum Gasteiger partial charge on any atom is 0.269 e. The lowest BCUT2D eigenvalue weighted by Crippen LogP contribution is -2.02. The number of nitro groups is 1. The van der Waals surface area contributed by atoms with E-state index in [4.69, 9.17) is 9.47 Å². The maximum absolute atomic E-state index is 10.8. The molecule has 0 aliphatic heterocycles. The van der Waals surface area contributed by atoms with Crippen LogP contribution in [0.4, 0.5) is 11.4 Å². The van der Waals surface area contributed by atoms with Gasteiger partial charge in [0.2, 0.25) is 0 Å². The summed E-state index contributed by atoms with van der Waals surface area (Å²) in [5, 5.41) is 17.3. The fourth-order valence-electron chi connectivity index (χ4n) is 3.44. The summed E-state index contributed by atoms with van der Waals surface area (Å²) < 4.78 is 12.8. The van der Waals surface area contributed by atoms with Gasteiger partial charge < -0.3 is 9.47 Å². The molecule has 0 fully saturated rings. The van der Waals surface area contributed by atoms with Gasteiger partial charge in [-0.1, -0.05) is 42.5 Å².